The summed E-state index contributed by atoms with van der Waals surface area (Å²) in [5, 5.41) is 4.22. The fraction of sp³-hybridized carbons (Fsp3) is 0.273. The molecule has 0 radical (unpaired) electrons. The second-order valence-electron chi connectivity index (χ2n) is 7.12. The van der Waals surface area contributed by atoms with Gasteiger partial charge >= 0.3 is 0 Å². The Kier molecular flexibility index (Phi) is 8.26. The van der Waals surface area contributed by atoms with Gasteiger partial charge in [0.1, 0.15) is 0 Å². The summed E-state index contributed by atoms with van der Waals surface area (Å²) in [7, 11) is 0. The molecule has 2 atom stereocenters. The molecule has 1 saturated heterocycles. The number of likely N-dealkylation sites (tertiary alicyclic amines) is 1. The molecule has 7 heteroatoms. The molecule has 0 aliphatic carbocycles. The Morgan fingerprint density at radius 1 is 1.00 bits per heavy atom. The van der Waals surface area contributed by atoms with Crippen LogP contribution >= 0.6 is 24.8 Å². The number of carbonyl (C=O) groups is 1. The van der Waals surface area contributed by atoms with Gasteiger partial charge < -0.3 is 10.6 Å². The maximum atomic E-state index is 13.0. The van der Waals surface area contributed by atoms with Crippen LogP contribution in [0.5, 0.6) is 0 Å². The van der Waals surface area contributed by atoms with Crippen LogP contribution < -0.4 is 5.73 Å². The number of nitrogens with two attached hydrogens (primary N) is 1. The van der Waals surface area contributed by atoms with Gasteiger partial charge in [-0.25, -0.2) is 0 Å². The number of rotatable bonds is 5. The van der Waals surface area contributed by atoms with E-state index < -0.39 is 0 Å². The lowest BCUT2D eigenvalue weighted by Gasteiger charge is -2.17. The SMILES string of the molecule is Cl.Cl.NC[C@@H]1CN(C(=O)c2ccc(Cn3cccn3)cc2)C[C@H]1c1ccccc1. The summed E-state index contributed by atoms with van der Waals surface area (Å²) >= 11 is 0. The summed E-state index contributed by atoms with van der Waals surface area (Å²) in [6, 6.07) is 20.1. The zero-order chi connectivity index (χ0) is 18.6. The van der Waals surface area contributed by atoms with E-state index >= 15 is 0 Å². The molecule has 1 aliphatic rings. The Balaban J connectivity index is 0.00000150. The van der Waals surface area contributed by atoms with Crippen LogP contribution in [0.3, 0.4) is 0 Å². The minimum atomic E-state index is 0. The Labute approximate surface area is 183 Å². The highest BCUT2D eigenvalue weighted by Gasteiger charge is 2.35. The fourth-order valence-corrected chi connectivity index (χ4v) is 3.87. The second kappa shape index (κ2) is 10.4. The van der Waals surface area contributed by atoms with E-state index in [4.69, 9.17) is 5.73 Å². The molecular formula is C22H26Cl2N4O. The summed E-state index contributed by atoms with van der Waals surface area (Å²) in [4.78, 5) is 14.9. The van der Waals surface area contributed by atoms with Gasteiger partial charge in [0.05, 0.1) is 6.54 Å². The van der Waals surface area contributed by atoms with Crippen molar-refractivity contribution in [3.63, 3.8) is 0 Å². The molecule has 0 spiro atoms. The molecule has 4 rings (SSSR count). The predicted octanol–water partition coefficient (Wildman–Crippen LogP) is 3.59. The number of carbonyl (C=O) groups excluding carboxylic acids is 1. The van der Waals surface area contributed by atoms with Gasteiger partial charge in [0.15, 0.2) is 0 Å². The van der Waals surface area contributed by atoms with Crippen molar-refractivity contribution in [1.82, 2.24) is 14.7 Å². The number of halogens is 2. The molecule has 1 aliphatic heterocycles. The van der Waals surface area contributed by atoms with Crippen molar-refractivity contribution in [2.24, 2.45) is 11.7 Å². The molecule has 2 heterocycles. The highest BCUT2D eigenvalue weighted by atomic mass is 35.5. The fourth-order valence-electron chi connectivity index (χ4n) is 3.87. The van der Waals surface area contributed by atoms with Crippen molar-refractivity contribution in [3.05, 3.63) is 89.7 Å². The molecule has 0 bridgehead atoms. The van der Waals surface area contributed by atoms with E-state index in [1.807, 2.05) is 64.3 Å². The Bertz CT molecular complexity index is 885. The van der Waals surface area contributed by atoms with Crippen LogP contribution in [0.15, 0.2) is 73.1 Å². The zero-order valence-electron chi connectivity index (χ0n) is 16.1. The minimum absolute atomic E-state index is 0. The summed E-state index contributed by atoms with van der Waals surface area (Å²) in [6.45, 7) is 2.73. The molecular weight excluding hydrogens is 407 g/mol. The Morgan fingerprint density at radius 2 is 1.72 bits per heavy atom. The van der Waals surface area contributed by atoms with Gasteiger partial charge in [0.25, 0.3) is 5.91 Å². The van der Waals surface area contributed by atoms with Gasteiger partial charge in [-0.05, 0) is 41.8 Å². The summed E-state index contributed by atoms with van der Waals surface area (Å²) in [5.41, 5.74) is 9.11. The van der Waals surface area contributed by atoms with E-state index in [-0.39, 0.29) is 30.7 Å². The standard InChI is InChI=1S/C22H24N4O.2ClH/c23-13-20-15-25(16-21(20)18-5-2-1-3-6-18)22(27)19-9-7-17(8-10-19)14-26-12-4-11-24-26;;/h1-12,20-21H,13-16,23H2;2*1H/t20-,21+;;/m1../s1. The molecule has 0 unspecified atom stereocenters. The van der Waals surface area contributed by atoms with Gasteiger partial charge in [-0.1, -0.05) is 42.5 Å². The third-order valence-electron chi connectivity index (χ3n) is 5.36. The first kappa shape index (κ1) is 22.9. The first-order valence-corrected chi connectivity index (χ1v) is 9.35. The molecule has 2 aromatic carbocycles. The smallest absolute Gasteiger partial charge is 0.253 e. The lowest BCUT2D eigenvalue weighted by atomic mass is 9.89. The van der Waals surface area contributed by atoms with Crippen molar-refractivity contribution in [1.29, 1.82) is 0 Å². The largest absolute Gasteiger partial charge is 0.338 e. The van der Waals surface area contributed by atoms with Crippen LogP contribution in [0, 0.1) is 5.92 Å². The van der Waals surface area contributed by atoms with Gasteiger partial charge in [-0.2, -0.15) is 5.10 Å². The average Bonchev–Trinajstić information content (AvgIpc) is 3.38. The van der Waals surface area contributed by atoms with Gasteiger partial charge in [-0.15, -0.1) is 24.8 Å². The maximum Gasteiger partial charge on any atom is 0.253 e. The number of benzene rings is 2. The third kappa shape index (κ3) is 5.18. The van der Waals surface area contributed by atoms with Crippen LogP contribution in [0.25, 0.3) is 0 Å². The topological polar surface area (TPSA) is 64.2 Å². The van der Waals surface area contributed by atoms with E-state index in [2.05, 4.69) is 17.2 Å². The molecule has 1 aromatic heterocycles. The van der Waals surface area contributed by atoms with Crippen molar-refractivity contribution < 1.29 is 4.79 Å². The highest BCUT2D eigenvalue weighted by Crippen LogP contribution is 2.32. The Hall–Kier alpha value is -2.34. The van der Waals surface area contributed by atoms with Crippen molar-refractivity contribution in [3.8, 4) is 0 Å². The number of aromatic nitrogens is 2. The first-order chi connectivity index (χ1) is 13.2. The van der Waals surface area contributed by atoms with Crippen molar-refractivity contribution >= 4 is 30.7 Å². The zero-order valence-corrected chi connectivity index (χ0v) is 17.7. The molecule has 3 aromatic rings. The number of hydrogen-bond acceptors (Lipinski definition) is 3. The molecule has 5 nitrogen and oxygen atoms in total. The average molecular weight is 433 g/mol. The quantitative estimate of drug-likeness (QED) is 0.669. The highest BCUT2D eigenvalue weighted by molar-refractivity contribution is 5.94. The molecule has 1 amide bonds. The molecule has 29 heavy (non-hydrogen) atoms. The van der Waals surface area contributed by atoms with Crippen LogP contribution in [-0.2, 0) is 6.54 Å². The lowest BCUT2D eigenvalue weighted by molar-refractivity contribution is 0.0786. The number of hydrogen-bond donors (Lipinski definition) is 1. The molecule has 154 valence electrons. The van der Waals surface area contributed by atoms with E-state index in [0.717, 1.165) is 17.7 Å². The van der Waals surface area contributed by atoms with Crippen LogP contribution in [0.4, 0.5) is 0 Å². The second-order valence-corrected chi connectivity index (χ2v) is 7.12. The maximum absolute atomic E-state index is 13.0. The summed E-state index contributed by atoms with van der Waals surface area (Å²) < 4.78 is 1.87. The molecule has 1 fully saturated rings. The van der Waals surface area contributed by atoms with Crippen molar-refractivity contribution in [2.45, 2.75) is 12.5 Å². The minimum Gasteiger partial charge on any atom is -0.338 e. The predicted molar refractivity (Wildman–Crippen MR) is 120 cm³/mol. The summed E-state index contributed by atoms with van der Waals surface area (Å²) in [5.74, 6) is 0.687. The monoisotopic (exact) mass is 432 g/mol. The van der Waals surface area contributed by atoms with Gasteiger partial charge in [-0.3, -0.25) is 9.48 Å². The first-order valence-electron chi connectivity index (χ1n) is 9.35. The summed E-state index contributed by atoms with van der Waals surface area (Å²) in [6.07, 6.45) is 3.70. The van der Waals surface area contributed by atoms with E-state index in [9.17, 15) is 4.79 Å². The van der Waals surface area contributed by atoms with E-state index in [1.165, 1.54) is 5.56 Å². The van der Waals surface area contributed by atoms with E-state index in [0.29, 0.717) is 31.5 Å². The normalized spacial score (nSPS) is 18.0. The Morgan fingerprint density at radius 3 is 2.34 bits per heavy atom. The van der Waals surface area contributed by atoms with Crippen LogP contribution in [0.2, 0.25) is 0 Å². The van der Waals surface area contributed by atoms with Gasteiger partial charge in [0.2, 0.25) is 0 Å². The third-order valence-corrected chi connectivity index (χ3v) is 5.36. The van der Waals surface area contributed by atoms with Crippen LogP contribution in [0.1, 0.15) is 27.4 Å². The van der Waals surface area contributed by atoms with Gasteiger partial charge in [0, 0.05) is 37.0 Å². The molecule has 0 saturated carbocycles. The number of amides is 1. The lowest BCUT2D eigenvalue weighted by Crippen LogP contribution is -2.29. The van der Waals surface area contributed by atoms with Crippen molar-refractivity contribution in [2.75, 3.05) is 19.6 Å². The van der Waals surface area contributed by atoms with E-state index in [1.54, 1.807) is 6.20 Å². The van der Waals surface area contributed by atoms with Crippen LogP contribution in [-0.4, -0.2) is 40.2 Å². The number of nitrogens with zero attached hydrogens (tertiary/aromatic N) is 3. The molecule has 2 N–H and O–H groups in total.